The Morgan fingerprint density at radius 3 is 2.12 bits per heavy atom. The van der Waals surface area contributed by atoms with Crippen LogP contribution in [0.2, 0.25) is 0 Å². The van der Waals surface area contributed by atoms with Gasteiger partial charge in [-0.25, -0.2) is 0 Å². The summed E-state index contributed by atoms with van der Waals surface area (Å²) in [4.78, 5) is 11.3. The van der Waals surface area contributed by atoms with Crippen molar-refractivity contribution in [1.29, 1.82) is 0 Å². The number of Topliss-reactive ketones (excluding diaryl/α,β-unsaturated/α-hetero) is 1. The molecule has 2 rings (SSSR count). The van der Waals surface area contributed by atoms with Gasteiger partial charge in [0.05, 0.1) is 0 Å². The highest BCUT2D eigenvalue weighted by atomic mass is 16.3. The molecule has 0 aromatic heterocycles. The Kier molecular flexibility index (Phi) is 2.96. The zero-order chi connectivity index (χ0) is 12.4. The summed E-state index contributed by atoms with van der Waals surface area (Å²) in [6, 6.07) is 12.8. The van der Waals surface area contributed by atoms with Crippen molar-refractivity contribution < 1.29 is 9.90 Å². The first-order chi connectivity index (χ1) is 8.08. The second-order valence-electron chi connectivity index (χ2n) is 4.13. The Bertz CT molecular complexity index is 554. The number of hydrogen-bond acceptors (Lipinski definition) is 2. The van der Waals surface area contributed by atoms with Gasteiger partial charge in [-0.3, -0.25) is 4.79 Å². The molecule has 0 unspecified atom stereocenters. The van der Waals surface area contributed by atoms with Crippen molar-refractivity contribution in [3.63, 3.8) is 0 Å². The minimum Gasteiger partial charge on any atom is -0.508 e. The van der Waals surface area contributed by atoms with E-state index in [0.29, 0.717) is 0 Å². The van der Waals surface area contributed by atoms with Gasteiger partial charge < -0.3 is 5.11 Å². The predicted octanol–water partition coefficient (Wildman–Crippen LogP) is 3.57. The van der Waals surface area contributed by atoms with Crippen molar-refractivity contribution in [2.24, 2.45) is 0 Å². The highest BCUT2D eigenvalue weighted by molar-refractivity contribution is 5.96. The summed E-state index contributed by atoms with van der Waals surface area (Å²) in [5, 5.41) is 9.23. The number of phenols is 1. The molecule has 0 fully saturated rings. The predicted molar refractivity (Wildman–Crippen MR) is 68.3 cm³/mol. The lowest BCUT2D eigenvalue weighted by atomic mass is 9.98. The second kappa shape index (κ2) is 4.42. The van der Waals surface area contributed by atoms with Gasteiger partial charge in [0.25, 0.3) is 0 Å². The SMILES string of the molecule is CC(=O)c1ccc(-c2ccc(O)cc2)cc1C. The van der Waals surface area contributed by atoms with Crippen LogP contribution in [0.15, 0.2) is 42.5 Å². The van der Waals surface area contributed by atoms with Gasteiger partial charge in [-0.2, -0.15) is 0 Å². The standard InChI is InChI=1S/C15H14O2/c1-10-9-13(5-8-15(10)11(2)16)12-3-6-14(17)7-4-12/h3-9,17H,1-2H3. The molecule has 2 aromatic rings. The van der Waals surface area contributed by atoms with Gasteiger partial charge in [-0.05, 0) is 42.7 Å². The maximum Gasteiger partial charge on any atom is 0.160 e. The molecule has 2 aromatic carbocycles. The first-order valence-electron chi connectivity index (χ1n) is 5.49. The molecule has 0 amide bonds. The maximum atomic E-state index is 11.3. The van der Waals surface area contributed by atoms with E-state index in [1.807, 2.05) is 37.3 Å². The molecule has 1 N–H and O–H groups in total. The van der Waals surface area contributed by atoms with Crippen LogP contribution in [0, 0.1) is 6.92 Å². The number of benzene rings is 2. The first-order valence-corrected chi connectivity index (χ1v) is 5.49. The van der Waals surface area contributed by atoms with E-state index in [2.05, 4.69) is 0 Å². The Morgan fingerprint density at radius 2 is 1.59 bits per heavy atom. The van der Waals surface area contributed by atoms with Crippen molar-refractivity contribution in [1.82, 2.24) is 0 Å². The summed E-state index contributed by atoms with van der Waals surface area (Å²) in [5.41, 5.74) is 3.81. The van der Waals surface area contributed by atoms with E-state index in [1.165, 1.54) is 0 Å². The number of rotatable bonds is 2. The molecule has 2 heteroatoms. The van der Waals surface area contributed by atoms with Crippen molar-refractivity contribution in [3.8, 4) is 16.9 Å². The van der Waals surface area contributed by atoms with Crippen molar-refractivity contribution in [3.05, 3.63) is 53.6 Å². The lowest BCUT2D eigenvalue weighted by Crippen LogP contribution is -1.95. The minimum absolute atomic E-state index is 0.0831. The quantitative estimate of drug-likeness (QED) is 0.795. The molecule has 0 aliphatic heterocycles. The van der Waals surface area contributed by atoms with E-state index in [0.717, 1.165) is 22.3 Å². The van der Waals surface area contributed by atoms with Gasteiger partial charge in [0.15, 0.2) is 5.78 Å². The third-order valence-corrected chi connectivity index (χ3v) is 2.81. The van der Waals surface area contributed by atoms with E-state index in [4.69, 9.17) is 0 Å². The molecule has 86 valence electrons. The van der Waals surface area contributed by atoms with Gasteiger partial charge in [-0.15, -0.1) is 0 Å². The van der Waals surface area contributed by atoms with Crippen LogP contribution in [0.4, 0.5) is 0 Å². The average molecular weight is 226 g/mol. The van der Waals surface area contributed by atoms with Crippen LogP contribution in [0.1, 0.15) is 22.8 Å². The van der Waals surface area contributed by atoms with E-state index >= 15 is 0 Å². The lowest BCUT2D eigenvalue weighted by molar-refractivity contribution is 0.101. The molecule has 0 heterocycles. The van der Waals surface area contributed by atoms with Crippen LogP contribution in [0.25, 0.3) is 11.1 Å². The summed E-state index contributed by atoms with van der Waals surface area (Å²) in [5.74, 6) is 0.339. The van der Waals surface area contributed by atoms with E-state index in [9.17, 15) is 9.90 Å². The maximum absolute atomic E-state index is 11.3. The van der Waals surface area contributed by atoms with Crippen LogP contribution >= 0.6 is 0 Å². The number of carbonyl (C=O) groups is 1. The van der Waals surface area contributed by atoms with Crippen molar-refractivity contribution >= 4 is 5.78 Å². The van der Waals surface area contributed by atoms with Crippen LogP contribution in [0.5, 0.6) is 5.75 Å². The zero-order valence-electron chi connectivity index (χ0n) is 9.90. The number of aryl methyl sites for hydroxylation is 1. The van der Waals surface area contributed by atoms with E-state index < -0.39 is 0 Å². The molecular weight excluding hydrogens is 212 g/mol. The Labute approximate surface area is 101 Å². The molecule has 0 saturated carbocycles. The molecule has 0 radical (unpaired) electrons. The van der Waals surface area contributed by atoms with Crippen LogP contribution in [0.3, 0.4) is 0 Å². The van der Waals surface area contributed by atoms with Gasteiger partial charge >= 0.3 is 0 Å². The summed E-state index contributed by atoms with van der Waals surface area (Å²) >= 11 is 0. The van der Waals surface area contributed by atoms with Gasteiger partial charge in [0.2, 0.25) is 0 Å². The fourth-order valence-corrected chi connectivity index (χ4v) is 1.89. The molecule has 0 aliphatic carbocycles. The minimum atomic E-state index is 0.0831. The van der Waals surface area contributed by atoms with Crippen LogP contribution in [-0.2, 0) is 0 Å². The first kappa shape index (κ1) is 11.4. The fraction of sp³-hybridized carbons (Fsp3) is 0.133. The normalized spacial score (nSPS) is 10.2. The number of aromatic hydroxyl groups is 1. The highest BCUT2D eigenvalue weighted by Crippen LogP contribution is 2.24. The van der Waals surface area contributed by atoms with Crippen LogP contribution < -0.4 is 0 Å². The van der Waals surface area contributed by atoms with Crippen LogP contribution in [-0.4, -0.2) is 10.9 Å². The number of phenolic OH excluding ortho intramolecular Hbond substituents is 1. The molecule has 0 spiro atoms. The molecule has 2 nitrogen and oxygen atoms in total. The summed E-state index contributed by atoms with van der Waals surface area (Å²) in [6.07, 6.45) is 0. The molecule has 0 saturated heterocycles. The van der Waals surface area contributed by atoms with Gasteiger partial charge in [-0.1, -0.05) is 30.3 Å². The smallest absolute Gasteiger partial charge is 0.160 e. The fourth-order valence-electron chi connectivity index (χ4n) is 1.89. The Balaban J connectivity index is 2.44. The highest BCUT2D eigenvalue weighted by Gasteiger charge is 2.05. The topological polar surface area (TPSA) is 37.3 Å². The number of ketones is 1. The molecule has 0 atom stereocenters. The number of carbonyl (C=O) groups excluding carboxylic acids is 1. The molecule has 17 heavy (non-hydrogen) atoms. The van der Waals surface area contributed by atoms with Gasteiger partial charge in [0, 0.05) is 5.56 Å². The Hall–Kier alpha value is -2.09. The molecule has 0 bridgehead atoms. The molecular formula is C15H14O2. The third kappa shape index (κ3) is 2.36. The van der Waals surface area contributed by atoms with Gasteiger partial charge in [0.1, 0.15) is 5.75 Å². The average Bonchev–Trinajstić information content (AvgIpc) is 2.29. The molecule has 0 aliphatic rings. The largest absolute Gasteiger partial charge is 0.508 e. The van der Waals surface area contributed by atoms with Crippen molar-refractivity contribution in [2.45, 2.75) is 13.8 Å². The zero-order valence-corrected chi connectivity index (χ0v) is 9.90. The van der Waals surface area contributed by atoms with Crippen molar-refractivity contribution in [2.75, 3.05) is 0 Å². The van der Waals surface area contributed by atoms with E-state index in [1.54, 1.807) is 19.1 Å². The Morgan fingerprint density at radius 1 is 1.00 bits per heavy atom. The van der Waals surface area contributed by atoms with E-state index in [-0.39, 0.29) is 11.5 Å². The summed E-state index contributed by atoms with van der Waals surface area (Å²) < 4.78 is 0. The summed E-state index contributed by atoms with van der Waals surface area (Å²) in [7, 11) is 0. The number of hydrogen-bond donors (Lipinski definition) is 1. The third-order valence-electron chi connectivity index (χ3n) is 2.81. The monoisotopic (exact) mass is 226 g/mol. The lowest BCUT2D eigenvalue weighted by Gasteiger charge is -2.06. The summed E-state index contributed by atoms with van der Waals surface area (Å²) in [6.45, 7) is 3.50. The second-order valence-corrected chi connectivity index (χ2v) is 4.13.